The average Bonchev–Trinajstić information content (AvgIpc) is 2.56. The zero-order valence-electron chi connectivity index (χ0n) is 13.8. The summed E-state index contributed by atoms with van der Waals surface area (Å²) in [7, 11) is 0. The molecule has 2 aromatic carbocycles. The van der Waals surface area contributed by atoms with Crippen LogP contribution in [0.4, 0.5) is 0 Å². The van der Waals surface area contributed by atoms with Crippen LogP contribution >= 0.6 is 0 Å². The summed E-state index contributed by atoms with van der Waals surface area (Å²) in [5.74, 6) is 0. The Labute approximate surface area is 138 Å². The van der Waals surface area contributed by atoms with Gasteiger partial charge in [0.25, 0.3) is 0 Å². The molecule has 0 saturated heterocycles. The number of aromatic nitrogens is 1. The second-order valence-corrected chi connectivity index (χ2v) is 6.84. The monoisotopic (exact) mass is 301 g/mol. The molecule has 0 amide bonds. The molecule has 5 rings (SSSR count). The van der Waals surface area contributed by atoms with Crippen LogP contribution in [0.5, 0.6) is 0 Å². The van der Waals surface area contributed by atoms with Crippen LogP contribution in [0.25, 0.3) is 22.0 Å². The van der Waals surface area contributed by atoms with Gasteiger partial charge in [0, 0.05) is 17.1 Å². The van der Waals surface area contributed by atoms with Gasteiger partial charge in [0.05, 0.1) is 5.69 Å². The molecule has 1 nitrogen and oxygen atoms in total. The Morgan fingerprint density at radius 2 is 1.61 bits per heavy atom. The highest BCUT2D eigenvalue weighted by molar-refractivity contribution is 5.95. The van der Waals surface area contributed by atoms with Crippen LogP contribution in [0.1, 0.15) is 42.4 Å². The average molecular weight is 301 g/mol. The molecule has 1 heterocycles. The van der Waals surface area contributed by atoms with Gasteiger partial charge < -0.3 is 0 Å². The maximum Gasteiger partial charge on any atom is 0.0780 e. The summed E-state index contributed by atoms with van der Waals surface area (Å²) in [5.41, 5.74) is 6.62. The Bertz CT molecular complexity index is 848. The third-order valence-electron chi connectivity index (χ3n) is 4.92. The first kappa shape index (κ1) is 14.4. The van der Waals surface area contributed by atoms with Crippen LogP contribution < -0.4 is 0 Å². The number of aryl methyl sites for hydroxylation is 3. The van der Waals surface area contributed by atoms with E-state index in [1.165, 1.54) is 71.6 Å². The van der Waals surface area contributed by atoms with Crippen molar-refractivity contribution >= 4 is 10.8 Å². The predicted octanol–water partition coefficient (Wildman–Crippen LogP) is 5.87. The lowest BCUT2D eigenvalue weighted by Gasteiger charge is -2.12. The SMILES string of the molecule is Cc1cc2cc(c1)-c1nccc3cc(ccc13)CCCCCC2. The predicted molar refractivity (Wildman–Crippen MR) is 97.8 cm³/mol. The molecule has 2 aliphatic carbocycles. The summed E-state index contributed by atoms with van der Waals surface area (Å²) in [6.45, 7) is 2.19. The zero-order valence-corrected chi connectivity index (χ0v) is 13.8. The molecule has 0 N–H and O–H groups in total. The molecule has 2 aliphatic rings. The van der Waals surface area contributed by atoms with E-state index in [0.717, 1.165) is 5.69 Å². The van der Waals surface area contributed by atoms with Crippen LogP contribution in [0.15, 0.2) is 48.7 Å². The highest BCUT2D eigenvalue weighted by atomic mass is 14.7. The first-order valence-corrected chi connectivity index (χ1v) is 8.78. The first-order valence-electron chi connectivity index (χ1n) is 8.78. The molecular formula is C22H23N. The summed E-state index contributed by atoms with van der Waals surface area (Å²) < 4.78 is 0. The molecule has 0 spiro atoms. The normalized spacial score (nSPS) is 15.0. The van der Waals surface area contributed by atoms with E-state index in [9.17, 15) is 0 Å². The van der Waals surface area contributed by atoms with Crippen molar-refractivity contribution in [3.8, 4) is 11.3 Å². The van der Waals surface area contributed by atoms with Crippen molar-refractivity contribution in [2.75, 3.05) is 0 Å². The van der Waals surface area contributed by atoms with Gasteiger partial charge in [-0.3, -0.25) is 4.98 Å². The van der Waals surface area contributed by atoms with E-state index in [1.54, 1.807) is 0 Å². The number of fused-ring (bicyclic) bond motifs is 6. The van der Waals surface area contributed by atoms with Crippen molar-refractivity contribution in [2.45, 2.75) is 45.4 Å². The van der Waals surface area contributed by atoms with Crippen LogP contribution in [0.2, 0.25) is 0 Å². The molecule has 1 aromatic heterocycles. The number of pyridine rings is 1. The van der Waals surface area contributed by atoms with Gasteiger partial charge in [-0.15, -0.1) is 0 Å². The van der Waals surface area contributed by atoms with Gasteiger partial charge >= 0.3 is 0 Å². The molecule has 116 valence electrons. The van der Waals surface area contributed by atoms with Gasteiger partial charge in [-0.05, 0) is 67.3 Å². The third kappa shape index (κ3) is 3.01. The van der Waals surface area contributed by atoms with Crippen molar-refractivity contribution in [1.82, 2.24) is 4.98 Å². The van der Waals surface area contributed by atoms with E-state index < -0.39 is 0 Å². The van der Waals surface area contributed by atoms with Gasteiger partial charge in [0.2, 0.25) is 0 Å². The van der Waals surface area contributed by atoms with Crippen molar-refractivity contribution in [2.24, 2.45) is 0 Å². The van der Waals surface area contributed by atoms with Crippen molar-refractivity contribution < 1.29 is 0 Å². The van der Waals surface area contributed by atoms with Gasteiger partial charge in [0.1, 0.15) is 0 Å². The molecule has 0 aliphatic heterocycles. The first-order chi connectivity index (χ1) is 11.3. The topological polar surface area (TPSA) is 12.9 Å². The molecular weight excluding hydrogens is 278 g/mol. The third-order valence-corrected chi connectivity index (χ3v) is 4.92. The summed E-state index contributed by atoms with van der Waals surface area (Å²) in [6.07, 6.45) is 9.57. The van der Waals surface area contributed by atoms with Crippen LogP contribution in [-0.2, 0) is 12.8 Å². The van der Waals surface area contributed by atoms with E-state index in [4.69, 9.17) is 4.98 Å². The number of nitrogens with zero attached hydrogens (tertiary/aromatic N) is 1. The fourth-order valence-electron chi connectivity index (χ4n) is 3.77. The highest BCUT2D eigenvalue weighted by Gasteiger charge is 2.09. The lowest BCUT2D eigenvalue weighted by Crippen LogP contribution is -1.94. The molecule has 23 heavy (non-hydrogen) atoms. The Hall–Kier alpha value is -2.15. The van der Waals surface area contributed by atoms with Gasteiger partial charge in [-0.2, -0.15) is 0 Å². The van der Waals surface area contributed by atoms with Crippen LogP contribution in [-0.4, -0.2) is 4.98 Å². The van der Waals surface area contributed by atoms with E-state index in [-0.39, 0.29) is 0 Å². The fraction of sp³-hybridized carbons (Fsp3) is 0.318. The number of benzene rings is 2. The molecule has 0 unspecified atom stereocenters. The Balaban J connectivity index is 1.93. The second-order valence-electron chi connectivity index (χ2n) is 6.84. The Morgan fingerprint density at radius 1 is 0.783 bits per heavy atom. The Morgan fingerprint density at radius 3 is 2.48 bits per heavy atom. The molecule has 6 bridgehead atoms. The summed E-state index contributed by atoms with van der Waals surface area (Å²) in [4.78, 5) is 4.71. The lowest BCUT2D eigenvalue weighted by atomic mass is 9.95. The number of rotatable bonds is 0. The molecule has 0 atom stereocenters. The van der Waals surface area contributed by atoms with E-state index in [0.29, 0.717) is 0 Å². The highest BCUT2D eigenvalue weighted by Crippen LogP contribution is 2.30. The zero-order chi connectivity index (χ0) is 15.6. The standard InChI is InChI=1S/C22H23N/c1-16-12-18-7-5-3-2-4-6-17-8-9-21-19(14-17)10-11-23-22(21)20(13-16)15-18/h8-15H,2-7H2,1H3. The minimum atomic E-state index is 1.12. The van der Waals surface area contributed by atoms with Crippen molar-refractivity contribution in [1.29, 1.82) is 0 Å². The van der Waals surface area contributed by atoms with E-state index in [2.05, 4.69) is 49.4 Å². The number of hydrogen-bond acceptors (Lipinski definition) is 1. The lowest BCUT2D eigenvalue weighted by molar-refractivity contribution is 0.640. The molecule has 0 fully saturated rings. The molecule has 3 aromatic rings. The second kappa shape index (κ2) is 6.16. The minimum Gasteiger partial charge on any atom is -0.256 e. The maximum absolute atomic E-state index is 4.71. The van der Waals surface area contributed by atoms with Crippen LogP contribution in [0, 0.1) is 6.92 Å². The fourth-order valence-corrected chi connectivity index (χ4v) is 3.77. The largest absolute Gasteiger partial charge is 0.256 e. The summed E-state index contributed by atoms with van der Waals surface area (Å²) in [6, 6.07) is 16.0. The number of hydrogen-bond donors (Lipinski definition) is 0. The van der Waals surface area contributed by atoms with Crippen molar-refractivity contribution in [3.63, 3.8) is 0 Å². The van der Waals surface area contributed by atoms with Gasteiger partial charge in [-0.1, -0.05) is 42.7 Å². The quantitative estimate of drug-likeness (QED) is 0.506. The Kier molecular flexibility index (Phi) is 3.87. The van der Waals surface area contributed by atoms with Crippen LogP contribution in [0.3, 0.4) is 0 Å². The molecule has 0 radical (unpaired) electrons. The van der Waals surface area contributed by atoms with E-state index >= 15 is 0 Å². The van der Waals surface area contributed by atoms with Gasteiger partial charge in [-0.25, -0.2) is 0 Å². The summed E-state index contributed by atoms with van der Waals surface area (Å²) in [5, 5.41) is 2.58. The molecule has 0 saturated carbocycles. The minimum absolute atomic E-state index is 1.12. The van der Waals surface area contributed by atoms with Gasteiger partial charge in [0.15, 0.2) is 0 Å². The smallest absolute Gasteiger partial charge is 0.0780 e. The molecule has 1 heteroatoms. The van der Waals surface area contributed by atoms with Crippen molar-refractivity contribution in [3.05, 3.63) is 65.4 Å². The maximum atomic E-state index is 4.71. The summed E-state index contributed by atoms with van der Waals surface area (Å²) >= 11 is 0. The van der Waals surface area contributed by atoms with E-state index in [1.807, 2.05) is 6.20 Å².